The second-order valence-electron chi connectivity index (χ2n) is 4.25. The van der Waals surface area contributed by atoms with Gasteiger partial charge in [-0.2, -0.15) is 13.2 Å². The largest absolute Gasteiger partial charge is 0.389 e. The Kier molecular flexibility index (Phi) is 4.44. The predicted molar refractivity (Wildman–Crippen MR) is 60.9 cm³/mol. The summed E-state index contributed by atoms with van der Waals surface area (Å²) in [7, 11) is 0. The molecule has 0 aliphatic heterocycles. The lowest BCUT2D eigenvalue weighted by Crippen LogP contribution is -2.22. The molecule has 17 heavy (non-hydrogen) atoms. The summed E-state index contributed by atoms with van der Waals surface area (Å²) in [6, 6.07) is 6.45. The molecule has 0 saturated heterocycles. The lowest BCUT2D eigenvalue weighted by atomic mass is 9.90. The van der Waals surface area contributed by atoms with Crippen LogP contribution in [0, 0.1) is 0 Å². The molecule has 0 heterocycles. The van der Waals surface area contributed by atoms with Crippen LogP contribution in [0.2, 0.25) is 5.02 Å². The van der Waals surface area contributed by atoms with Crippen LogP contribution in [-0.2, 0) is 5.60 Å². The molecule has 0 bridgehead atoms. The second kappa shape index (κ2) is 5.27. The Morgan fingerprint density at radius 1 is 1.12 bits per heavy atom. The molecular formula is C12H14ClF3O. The van der Waals surface area contributed by atoms with Crippen LogP contribution in [0.5, 0.6) is 0 Å². The van der Waals surface area contributed by atoms with E-state index in [0.29, 0.717) is 10.6 Å². The second-order valence-corrected chi connectivity index (χ2v) is 4.69. The van der Waals surface area contributed by atoms with Gasteiger partial charge in [-0.1, -0.05) is 23.7 Å². The summed E-state index contributed by atoms with van der Waals surface area (Å²) in [5.41, 5.74) is -0.681. The van der Waals surface area contributed by atoms with Crippen LogP contribution in [-0.4, -0.2) is 11.3 Å². The third kappa shape index (κ3) is 4.96. The van der Waals surface area contributed by atoms with E-state index >= 15 is 0 Å². The van der Waals surface area contributed by atoms with Gasteiger partial charge in [0.1, 0.15) is 0 Å². The Morgan fingerprint density at radius 3 is 2.12 bits per heavy atom. The maximum atomic E-state index is 12.0. The van der Waals surface area contributed by atoms with Crippen molar-refractivity contribution in [1.82, 2.24) is 0 Å². The maximum Gasteiger partial charge on any atom is 0.389 e. The van der Waals surface area contributed by atoms with Crippen LogP contribution in [0.3, 0.4) is 0 Å². The lowest BCUT2D eigenvalue weighted by molar-refractivity contribution is -0.137. The first-order valence-electron chi connectivity index (χ1n) is 5.26. The third-order valence-electron chi connectivity index (χ3n) is 2.59. The van der Waals surface area contributed by atoms with Crippen molar-refractivity contribution in [3.05, 3.63) is 34.9 Å². The molecular weight excluding hydrogens is 253 g/mol. The molecule has 1 unspecified atom stereocenters. The summed E-state index contributed by atoms with van der Waals surface area (Å²) < 4.78 is 36.0. The van der Waals surface area contributed by atoms with Crippen molar-refractivity contribution in [2.45, 2.75) is 38.0 Å². The van der Waals surface area contributed by atoms with E-state index < -0.39 is 18.2 Å². The van der Waals surface area contributed by atoms with Crippen LogP contribution in [0.25, 0.3) is 0 Å². The number of aliphatic hydroxyl groups is 1. The zero-order valence-corrected chi connectivity index (χ0v) is 10.1. The van der Waals surface area contributed by atoms with Gasteiger partial charge in [-0.15, -0.1) is 0 Å². The standard InChI is InChI=1S/C12H14ClF3O/c1-11(17,7-2-8-12(14,15)16)9-3-5-10(13)6-4-9/h3-6,17H,2,7-8H2,1H3. The molecule has 0 aliphatic carbocycles. The highest BCUT2D eigenvalue weighted by molar-refractivity contribution is 6.30. The van der Waals surface area contributed by atoms with E-state index in [-0.39, 0.29) is 12.8 Å². The van der Waals surface area contributed by atoms with E-state index in [4.69, 9.17) is 11.6 Å². The van der Waals surface area contributed by atoms with Crippen molar-refractivity contribution in [1.29, 1.82) is 0 Å². The van der Waals surface area contributed by atoms with E-state index in [2.05, 4.69) is 0 Å². The Morgan fingerprint density at radius 2 is 1.65 bits per heavy atom. The Labute approximate surface area is 103 Å². The fourth-order valence-electron chi connectivity index (χ4n) is 1.59. The van der Waals surface area contributed by atoms with Crippen LogP contribution in [0.1, 0.15) is 31.7 Å². The van der Waals surface area contributed by atoms with Crippen molar-refractivity contribution < 1.29 is 18.3 Å². The molecule has 5 heteroatoms. The number of hydrogen-bond acceptors (Lipinski definition) is 1. The van der Waals surface area contributed by atoms with Gasteiger partial charge in [0, 0.05) is 11.4 Å². The summed E-state index contributed by atoms with van der Waals surface area (Å²) in [4.78, 5) is 0. The van der Waals surface area contributed by atoms with E-state index in [1.165, 1.54) is 6.92 Å². The summed E-state index contributed by atoms with van der Waals surface area (Å²) in [6.45, 7) is 1.51. The lowest BCUT2D eigenvalue weighted by Gasteiger charge is -2.24. The molecule has 1 rings (SSSR count). The zero-order valence-electron chi connectivity index (χ0n) is 9.39. The Balaban J connectivity index is 2.59. The first kappa shape index (κ1) is 14.3. The van der Waals surface area contributed by atoms with Gasteiger partial charge in [-0.25, -0.2) is 0 Å². The van der Waals surface area contributed by atoms with Crippen LogP contribution >= 0.6 is 11.6 Å². The van der Waals surface area contributed by atoms with Crippen molar-refractivity contribution in [2.75, 3.05) is 0 Å². The Hall–Kier alpha value is -0.740. The first-order chi connectivity index (χ1) is 7.71. The van der Waals surface area contributed by atoms with Crippen molar-refractivity contribution >= 4 is 11.6 Å². The van der Waals surface area contributed by atoms with Gasteiger partial charge in [0.25, 0.3) is 0 Å². The fourth-order valence-corrected chi connectivity index (χ4v) is 1.71. The smallest absolute Gasteiger partial charge is 0.385 e. The number of hydrogen-bond donors (Lipinski definition) is 1. The quantitative estimate of drug-likeness (QED) is 0.862. The normalized spacial score (nSPS) is 15.6. The van der Waals surface area contributed by atoms with Crippen LogP contribution in [0.15, 0.2) is 24.3 Å². The van der Waals surface area contributed by atoms with E-state index in [1.807, 2.05) is 0 Å². The molecule has 0 amide bonds. The topological polar surface area (TPSA) is 20.2 Å². The molecule has 0 spiro atoms. The predicted octanol–water partition coefficient (Wildman–Crippen LogP) is 4.28. The minimum Gasteiger partial charge on any atom is -0.385 e. The fraction of sp³-hybridized carbons (Fsp3) is 0.500. The molecule has 1 N–H and O–H groups in total. The Bertz CT molecular complexity index is 357. The minimum atomic E-state index is -4.17. The number of halogens is 4. The van der Waals surface area contributed by atoms with E-state index in [1.54, 1.807) is 24.3 Å². The molecule has 1 nitrogen and oxygen atoms in total. The average molecular weight is 267 g/mol. The maximum absolute atomic E-state index is 12.0. The minimum absolute atomic E-state index is 0.0636. The summed E-state index contributed by atoms with van der Waals surface area (Å²) in [5.74, 6) is 0. The highest BCUT2D eigenvalue weighted by atomic mass is 35.5. The summed E-state index contributed by atoms with van der Waals surface area (Å²) in [5, 5.41) is 10.6. The van der Waals surface area contributed by atoms with Gasteiger partial charge in [-0.05, 0) is 37.5 Å². The van der Waals surface area contributed by atoms with Gasteiger partial charge in [0.05, 0.1) is 5.60 Å². The summed E-state index contributed by atoms with van der Waals surface area (Å²) >= 11 is 5.70. The molecule has 1 atom stereocenters. The van der Waals surface area contributed by atoms with E-state index in [0.717, 1.165) is 0 Å². The average Bonchev–Trinajstić information content (AvgIpc) is 2.15. The summed E-state index contributed by atoms with van der Waals surface area (Å²) in [6.07, 6.45) is -5.08. The van der Waals surface area contributed by atoms with Gasteiger partial charge in [0.15, 0.2) is 0 Å². The molecule has 0 saturated carbocycles. The van der Waals surface area contributed by atoms with E-state index in [9.17, 15) is 18.3 Å². The molecule has 96 valence electrons. The van der Waals surface area contributed by atoms with Crippen molar-refractivity contribution in [2.24, 2.45) is 0 Å². The molecule has 0 aromatic heterocycles. The number of benzene rings is 1. The zero-order chi connectivity index (χ0) is 13.1. The van der Waals surface area contributed by atoms with Crippen LogP contribution < -0.4 is 0 Å². The third-order valence-corrected chi connectivity index (χ3v) is 2.84. The van der Waals surface area contributed by atoms with Crippen molar-refractivity contribution in [3.63, 3.8) is 0 Å². The molecule has 0 fully saturated rings. The van der Waals surface area contributed by atoms with Crippen molar-refractivity contribution in [3.8, 4) is 0 Å². The highest BCUT2D eigenvalue weighted by Gasteiger charge is 2.29. The highest BCUT2D eigenvalue weighted by Crippen LogP contribution is 2.30. The van der Waals surface area contributed by atoms with Gasteiger partial charge in [0.2, 0.25) is 0 Å². The molecule has 0 aliphatic rings. The number of rotatable bonds is 4. The SMILES string of the molecule is CC(O)(CCCC(F)(F)F)c1ccc(Cl)cc1. The van der Waals surface area contributed by atoms with Gasteiger partial charge < -0.3 is 5.11 Å². The monoisotopic (exact) mass is 266 g/mol. The molecule has 1 aromatic carbocycles. The molecule has 0 radical (unpaired) electrons. The van der Waals surface area contributed by atoms with Crippen LogP contribution in [0.4, 0.5) is 13.2 Å². The number of alkyl halides is 3. The van der Waals surface area contributed by atoms with Gasteiger partial charge >= 0.3 is 6.18 Å². The first-order valence-corrected chi connectivity index (χ1v) is 5.64. The molecule has 1 aromatic rings. The van der Waals surface area contributed by atoms with Gasteiger partial charge in [-0.3, -0.25) is 0 Å².